The van der Waals surface area contributed by atoms with Gasteiger partial charge in [-0.15, -0.1) is 0 Å². The minimum atomic E-state index is -0.804. The molecule has 9 heteroatoms. The summed E-state index contributed by atoms with van der Waals surface area (Å²) in [6.07, 6.45) is 2.58. The van der Waals surface area contributed by atoms with E-state index in [-0.39, 0.29) is 11.6 Å². The van der Waals surface area contributed by atoms with Crippen molar-refractivity contribution >= 4 is 34.3 Å². The van der Waals surface area contributed by atoms with Crippen molar-refractivity contribution in [2.75, 3.05) is 11.9 Å². The minimum absolute atomic E-state index is 0.139. The molecule has 0 spiro atoms. The van der Waals surface area contributed by atoms with E-state index in [1.54, 1.807) is 21.6 Å². The van der Waals surface area contributed by atoms with Crippen molar-refractivity contribution < 1.29 is 0 Å². The summed E-state index contributed by atoms with van der Waals surface area (Å²) in [5, 5.41) is 17.3. The van der Waals surface area contributed by atoms with Gasteiger partial charge >= 0.3 is 0 Å². The Morgan fingerprint density at radius 1 is 1.19 bits per heavy atom. The average Bonchev–Trinajstić information content (AvgIpc) is 3.16. The zero-order chi connectivity index (χ0) is 25.6. The van der Waals surface area contributed by atoms with Gasteiger partial charge in [-0.05, 0) is 87.7 Å². The first-order valence-electron chi connectivity index (χ1n) is 12.0. The molecule has 0 fully saturated rings. The molecule has 1 aliphatic heterocycles. The second-order valence-electron chi connectivity index (χ2n) is 9.92. The highest BCUT2D eigenvalue weighted by Crippen LogP contribution is 2.32. The van der Waals surface area contributed by atoms with Crippen LogP contribution in [0.5, 0.6) is 0 Å². The number of nitriles is 1. The third-order valence-corrected chi connectivity index (χ3v) is 6.94. The first-order chi connectivity index (χ1) is 17.2. The van der Waals surface area contributed by atoms with Crippen molar-refractivity contribution in [2.45, 2.75) is 52.1 Å². The van der Waals surface area contributed by atoms with Gasteiger partial charge in [0, 0.05) is 29.5 Å². The van der Waals surface area contributed by atoms with E-state index in [0.29, 0.717) is 33.3 Å². The number of hydrogen-bond acceptors (Lipinski definition) is 6. The molecule has 2 N–H and O–H groups in total. The highest BCUT2D eigenvalue weighted by atomic mass is 35.5. The van der Waals surface area contributed by atoms with E-state index < -0.39 is 5.41 Å². The predicted molar refractivity (Wildman–Crippen MR) is 142 cm³/mol. The van der Waals surface area contributed by atoms with Gasteiger partial charge in [-0.2, -0.15) is 10.2 Å². The smallest absolute Gasteiger partial charge is 0.278 e. The fourth-order valence-electron chi connectivity index (χ4n) is 4.65. The van der Waals surface area contributed by atoms with Gasteiger partial charge in [-0.25, -0.2) is 14.3 Å². The van der Waals surface area contributed by atoms with Crippen molar-refractivity contribution in [3.8, 4) is 11.8 Å². The molecule has 36 heavy (non-hydrogen) atoms. The maximum Gasteiger partial charge on any atom is 0.278 e. The van der Waals surface area contributed by atoms with Crippen LogP contribution in [0.3, 0.4) is 0 Å². The number of nitrogens with one attached hydrogen (secondary N) is 2. The number of nitrogens with zero attached hydrogens (tertiary/aromatic N) is 5. The van der Waals surface area contributed by atoms with Crippen LogP contribution in [-0.4, -0.2) is 25.9 Å². The van der Waals surface area contributed by atoms with Gasteiger partial charge in [0.05, 0.1) is 17.2 Å². The molecule has 184 valence electrons. The molecule has 4 aromatic rings. The fraction of sp³-hybridized carbons (Fsp3) is 0.333. The van der Waals surface area contributed by atoms with Crippen LogP contribution in [0.25, 0.3) is 16.7 Å². The fourth-order valence-corrected chi connectivity index (χ4v) is 5.00. The van der Waals surface area contributed by atoms with E-state index in [1.807, 2.05) is 45.9 Å². The Morgan fingerprint density at radius 2 is 2.00 bits per heavy atom. The lowest BCUT2D eigenvalue weighted by molar-refractivity contribution is 0.475. The Balaban J connectivity index is 1.65. The molecule has 0 radical (unpaired) electrons. The normalized spacial score (nSPS) is 13.6. The summed E-state index contributed by atoms with van der Waals surface area (Å²) in [6.45, 7) is 9.35. The van der Waals surface area contributed by atoms with Gasteiger partial charge in [-0.3, -0.25) is 4.79 Å². The quantitative estimate of drug-likeness (QED) is 0.399. The predicted octanol–water partition coefficient (Wildman–Crippen LogP) is 5.01. The van der Waals surface area contributed by atoms with Gasteiger partial charge in [0.25, 0.3) is 5.56 Å². The maximum atomic E-state index is 13.4. The molecule has 0 saturated heterocycles. The van der Waals surface area contributed by atoms with Crippen LogP contribution in [0.15, 0.2) is 47.4 Å². The van der Waals surface area contributed by atoms with E-state index >= 15 is 0 Å². The van der Waals surface area contributed by atoms with Crippen molar-refractivity contribution in [1.82, 2.24) is 24.6 Å². The second kappa shape index (κ2) is 9.08. The van der Waals surface area contributed by atoms with Gasteiger partial charge in [-0.1, -0.05) is 17.7 Å². The second-order valence-corrected chi connectivity index (χ2v) is 10.3. The molecular formula is C27H28ClN7O. The molecule has 0 atom stereocenters. The summed E-state index contributed by atoms with van der Waals surface area (Å²) >= 11 is 6.47. The molecule has 8 nitrogen and oxygen atoms in total. The number of halogens is 1. The number of aromatic nitrogens is 4. The van der Waals surface area contributed by atoms with Gasteiger partial charge in [0.1, 0.15) is 5.39 Å². The summed E-state index contributed by atoms with van der Waals surface area (Å²) < 4.78 is 3.44. The van der Waals surface area contributed by atoms with Crippen LogP contribution < -0.4 is 16.2 Å². The first kappa shape index (κ1) is 24.0. The summed E-state index contributed by atoms with van der Waals surface area (Å²) in [5.74, 6) is 0.396. The monoisotopic (exact) mass is 501 g/mol. The standard InChI is InChI=1S/C27H28ClN7O/c1-16(2)34-25(36)21-14-31-26(32-19-6-5-17-9-10-30-13-18(17)11-19)33-24(21)35(34)20-7-8-23(28)22(12-20)27(3,4)15-29/h5-8,11-12,14,16,30H,9-10,13H2,1-4H3,(H,31,32,33). The summed E-state index contributed by atoms with van der Waals surface area (Å²) in [5.41, 5.74) is 4.37. The third kappa shape index (κ3) is 4.15. The Hall–Kier alpha value is -3.67. The molecule has 2 aromatic carbocycles. The number of benzene rings is 2. The molecule has 0 aliphatic carbocycles. The van der Waals surface area contributed by atoms with E-state index in [1.165, 1.54) is 11.1 Å². The van der Waals surface area contributed by atoms with Crippen LogP contribution >= 0.6 is 11.6 Å². The van der Waals surface area contributed by atoms with Gasteiger partial charge < -0.3 is 10.6 Å². The molecule has 2 aromatic heterocycles. The number of fused-ring (bicyclic) bond motifs is 2. The zero-order valence-corrected chi connectivity index (χ0v) is 21.5. The lowest BCUT2D eigenvalue weighted by Crippen LogP contribution is -2.24. The van der Waals surface area contributed by atoms with E-state index in [4.69, 9.17) is 16.6 Å². The molecule has 3 heterocycles. The molecule has 0 saturated carbocycles. The van der Waals surface area contributed by atoms with Crippen molar-refractivity contribution in [1.29, 1.82) is 5.26 Å². The average molecular weight is 502 g/mol. The summed E-state index contributed by atoms with van der Waals surface area (Å²) in [4.78, 5) is 22.6. The molecular weight excluding hydrogens is 474 g/mol. The van der Waals surface area contributed by atoms with Crippen LogP contribution in [0, 0.1) is 11.3 Å². The molecule has 0 unspecified atom stereocenters. The van der Waals surface area contributed by atoms with E-state index in [9.17, 15) is 10.1 Å². The number of rotatable bonds is 5. The SMILES string of the molecule is CC(C)n1c(=O)c2cnc(Nc3ccc4c(c3)CNCC4)nc2n1-c1ccc(Cl)c(C(C)(C)C#N)c1. The van der Waals surface area contributed by atoms with Crippen molar-refractivity contribution in [2.24, 2.45) is 0 Å². The van der Waals surface area contributed by atoms with E-state index in [0.717, 1.165) is 25.2 Å². The lowest BCUT2D eigenvalue weighted by Gasteiger charge is -2.21. The largest absolute Gasteiger partial charge is 0.324 e. The number of anilines is 2. The Labute approximate surface area is 214 Å². The molecule has 1 aliphatic rings. The van der Waals surface area contributed by atoms with Crippen molar-refractivity contribution in [3.63, 3.8) is 0 Å². The zero-order valence-electron chi connectivity index (χ0n) is 20.8. The lowest BCUT2D eigenvalue weighted by atomic mass is 9.86. The highest BCUT2D eigenvalue weighted by Gasteiger charge is 2.25. The van der Waals surface area contributed by atoms with Crippen LogP contribution in [0.1, 0.15) is 50.4 Å². The Bertz CT molecular complexity index is 1580. The molecule has 5 rings (SSSR count). The molecule has 0 bridgehead atoms. The van der Waals surface area contributed by atoms with Gasteiger partial charge in [0.15, 0.2) is 5.65 Å². The topological polar surface area (TPSA) is 101 Å². The highest BCUT2D eigenvalue weighted by molar-refractivity contribution is 6.31. The van der Waals surface area contributed by atoms with Crippen molar-refractivity contribution in [3.05, 3.63) is 74.7 Å². The summed E-state index contributed by atoms with van der Waals surface area (Å²) in [6, 6.07) is 13.9. The number of hydrogen-bond donors (Lipinski definition) is 2. The minimum Gasteiger partial charge on any atom is -0.324 e. The van der Waals surface area contributed by atoms with Crippen LogP contribution in [0.4, 0.5) is 11.6 Å². The molecule has 0 amide bonds. The summed E-state index contributed by atoms with van der Waals surface area (Å²) in [7, 11) is 0. The third-order valence-electron chi connectivity index (χ3n) is 6.61. The van der Waals surface area contributed by atoms with Crippen LogP contribution in [0.2, 0.25) is 5.02 Å². The maximum absolute atomic E-state index is 13.4. The first-order valence-corrected chi connectivity index (χ1v) is 12.4. The van der Waals surface area contributed by atoms with Gasteiger partial charge in [0.2, 0.25) is 5.95 Å². The van der Waals surface area contributed by atoms with Crippen LogP contribution in [-0.2, 0) is 18.4 Å². The Kier molecular flexibility index (Phi) is 6.07. The Morgan fingerprint density at radius 3 is 2.75 bits per heavy atom. The van der Waals surface area contributed by atoms with E-state index in [2.05, 4.69) is 33.8 Å².